The zero-order valence-electron chi connectivity index (χ0n) is 17.7. The lowest BCUT2D eigenvalue weighted by molar-refractivity contribution is -0.115. The molecule has 4 heteroatoms. The molecule has 0 unspecified atom stereocenters. The van der Waals surface area contributed by atoms with E-state index < -0.39 is 0 Å². The summed E-state index contributed by atoms with van der Waals surface area (Å²) in [5, 5.41) is 2.47. The van der Waals surface area contributed by atoms with Gasteiger partial charge in [0.25, 0.3) is 0 Å². The van der Waals surface area contributed by atoms with E-state index in [1.165, 1.54) is 0 Å². The molecule has 0 saturated carbocycles. The van der Waals surface area contributed by atoms with Crippen molar-refractivity contribution >= 4 is 33.7 Å². The Kier molecular flexibility index (Phi) is 7.70. The molecule has 2 heterocycles. The van der Waals surface area contributed by atoms with Gasteiger partial charge in [-0.05, 0) is 69.9 Å². The van der Waals surface area contributed by atoms with Crippen molar-refractivity contribution in [3.8, 4) is 0 Å². The second-order valence-electron chi connectivity index (χ2n) is 7.07. The van der Waals surface area contributed by atoms with E-state index in [2.05, 4.69) is 11.9 Å². The molecule has 0 N–H and O–H groups in total. The summed E-state index contributed by atoms with van der Waals surface area (Å²) in [6, 6.07) is 3.87. The molecule has 0 bridgehead atoms. The number of carbonyl (C=O) groups excluding carboxylic acids is 1. The summed E-state index contributed by atoms with van der Waals surface area (Å²) < 4.78 is 0. The third-order valence-corrected chi connectivity index (χ3v) is 5.20. The standard InChI is InChI=1S/C24H29ClN2O/c1-7-10-23(28)20(15(4)8-2)11-16(5)19(9-3)22-12-18-14-26-24(25)13-21(18)17(6)27-22/h9,11-14H,7-8,10H2,1-6H3/b16-11-,19-9+,20-15-. The van der Waals surface area contributed by atoms with Crippen LogP contribution in [0.3, 0.4) is 0 Å². The molecule has 28 heavy (non-hydrogen) atoms. The number of hydrogen-bond donors (Lipinski definition) is 0. The highest BCUT2D eigenvalue weighted by atomic mass is 35.5. The van der Waals surface area contributed by atoms with Crippen molar-refractivity contribution in [3.63, 3.8) is 0 Å². The molecule has 0 fully saturated rings. The van der Waals surface area contributed by atoms with Crippen LogP contribution < -0.4 is 0 Å². The van der Waals surface area contributed by atoms with Gasteiger partial charge in [-0.15, -0.1) is 0 Å². The molecule has 0 radical (unpaired) electrons. The van der Waals surface area contributed by atoms with Crippen LogP contribution in [0.4, 0.5) is 0 Å². The number of pyridine rings is 2. The van der Waals surface area contributed by atoms with Gasteiger partial charge in [-0.2, -0.15) is 0 Å². The number of nitrogens with zero attached hydrogens (tertiary/aromatic N) is 2. The highest BCUT2D eigenvalue weighted by molar-refractivity contribution is 6.30. The number of rotatable bonds is 7. The maximum Gasteiger partial charge on any atom is 0.162 e. The highest BCUT2D eigenvalue weighted by Gasteiger charge is 2.13. The van der Waals surface area contributed by atoms with Crippen LogP contribution in [0.25, 0.3) is 16.3 Å². The number of hydrogen-bond acceptors (Lipinski definition) is 3. The summed E-state index contributed by atoms with van der Waals surface area (Å²) in [6.07, 6.45) is 8.13. The van der Waals surface area contributed by atoms with Gasteiger partial charge in [0.1, 0.15) is 5.15 Å². The summed E-state index contributed by atoms with van der Waals surface area (Å²) in [7, 11) is 0. The van der Waals surface area contributed by atoms with Crippen molar-refractivity contribution < 1.29 is 4.79 Å². The fourth-order valence-corrected chi connectivity index (χ4v) is 3.45. The van der Waals surface area contributed by atoms with Crippen LogP contribution in [0.5, 0.6) is 0 Å². The number of allylic oxidation sites excluding steroid dienone is 6. The molecule has 2 rings (SSSR count). The number of fused-ring (bicyclic) bond motifs is 1. The van der Waals surface area contributed by atoms with E-state index in [1.807, 2.05) is 58.9 Å². The van der Waals surface area contributed by atoms with Crippen LogP contribution in [0.15, 0.2) is 47.2 Å². The van der Waals surface area contributed by atoms with Crippen LogP contribution in [0.1, 0.15) is 65.3 Å². The van der Waals surface area contributed by atoms with Gasteiger partial charge in [0.15, 0.2) is 5.78 Å². The first-order valence-electron chi connectivity index (χ1n) is 9.83. The first-order chi connectivity index (χ1) is 13.3. The molecule has 2 aromatic heterocycles. The molecule has 0 atom stereocenters. The van der Waals surface area contributed by atoms with Gasteiger partial charge >= 0.3 is 0 Å². The lowest BCUT2D eigenvalue weighted by atomic mass is 9.94. The highest BCUT2D eigenvalue weighted by Crippen LogP contribution is 2.28. The average molecular weight is 397 g/mol. The molecule has 0 spiro atoms. The Morgan fingerprint density at radius 3 is 2.54 bits per heavy atom. The van der Waals surface area contributed by atoms with Gasteiger partial charge in [0, 0.05) is 34.7 Å². The number of carbonyl (C=O) groups is 1. The quantitative estimate of drug-likeness (QED) is 0.286. The minimum absolute atomic E-state index is 0.207. The predicted octanol–water partition coefficient (Wildman–Crippen LogP) is 7.04. The second kappa shape index (κ2) is 9.79. The smallest absolute Gasteiger partial charge is 0.162 e. The molecule has 0 aromatic carbocycles. The van der Waals surface area contributed by atoms with Gasteiger partial charge in [0.05, 0.1) is 5.69 Å². The fraction of sp³-hybridized carbons (Fsp3) is 0.375. The topological polar surface area (TPSA) is 42.9 Å². The Hall–Kier alpha value is -2.26. The number of aryl methyl sites for hydroxylation is 1. The van der Waals surface area contributed by atoms with Crippen LogP contribution >= 0.6 is 11.6 Å². The lowest BCUT2D eigenvalue weighted by Gasteiger charge is -2.13. The van der Waals surface area contributed by atoms with E-state index in [1.54, 1.807) is 6.20 Å². The van der Waals surface area contributed by atoms with Gasteiger partial charge in [0.2, 0.25) is 0 Å². The Morgan fingerprint density at radius 1 is 1.21 bits per heavy atom. The lowest BCUT2D eigenvalue weighted by Crippen LogP contribution is -2.04. The normalized spacial score (nSPS) is 13.7. The van der Waals surface area contributed by atoms with Gasteiger partial charge in [-0.3, -0.25) is 9.78 Å². The third-order valence-electron chi connectivity index (χ3n) is 4.99. The maximum absolute atomic E-state index is 12.6. The predicted molar refractivity (Wildman–Crippen MR) is 120 cm³/mol. The monoisotopic (exact) mass is 396 g/mol. The number of ketones is 1. The van der Waals surface area contributed by atoms with Gasteiger partial charge < -0.3 is 0 Å². The van der Waals surface area contributed by atoms with Crippen molar-refractivity contribution in [1.82, 2.24) is 9.97 Å². The summed E-state index contributed by atoms with van der Waals surface area (Å²) >= 11 is 6.03. The van der Waals surface area contributed by atoms with E-state index in [4.69, 9.17) is 16.6 Å². The first-order valence-corrected chi connectivity index (χ1v) is 10.2. The first kappa shape index (κ1) is 22.0. The van der Waals surface area contributed by atoms with Crippen molar-refractivity contribution in [3.05, 3.63) is 63.7 Å². The Bertz CT molecular complexity index is 984. The minimum Gasteiger partial charge on any atom is -0.294 e. The van der Waals surface area contributed by atoms with Crippen molar-refractivity contribution in [2.45, 2.75) is 60.8 Å². The Morgan fingerprint density at radius 2 is 1.93 bits per heavy atom. The zero-order chi connectivity index (χ0) is 20.8. The Labute approximate surface area is 173 Å². The zero-order valence-corrected chi connectivity index (χ0v) is 18.4. The second-order valence-corrected chi connectivity index (χ2v) is 7.46. The molecular weight excluding hydrogens is 368 g/mol. The average Bonchev–Trinajstić information content (AvgIpc) is 2.66. The largest absolute Gasteiger partial charge is 0.294 e. The van der Waals surface area contributed by atoms with Crippen LogP contribution in [-0.4, -0.2) is 15.8 Å². The van der Waals surface area contributed by atoms with E-state index >= 15 is 0 Å². The fourth-order valence-electron chi connectivity index (χ4n) is 3.29. The Balaban J connectivity index is 2.55. The number of aromatic nitrogens is 2. The third kappa shape index (κ3) is 4.96. The SMILES string of the molecule is C\C=C(/C(C)=C\C(C(=O)CCC)=C(/C)CC)c1cc2cnc(Cl)cc2c(C)n1. The van der Waals surface area contributed by atoms with E-state index in [0.717, 1.165) is 57.3 Å². The van der Waals surface area contributed by atoms with E-state index in [0.29, 0.717) is 11.6 Å². The molecule has 3 nitrogen and oxygen atoms in total. The number of halogens is 1. The van der Waals surface area contributed by atoms with Gasteiger partial charge in [-0.1, -0.05) is 37.1 Å². The van der Waals surface area contributed by atoms with E-state index in [9.17, 15) is 4.79 Å². The molecule has 0 aliphatic rings. The maximum atomic E-state index is 12.6. The van der Waals surface area contributed by atoms with Crippen LogP contribution in [0.2, 0.25) is 5.15 Å². The summed E-state index contributed by atoms with van der Waals surface area (Å²) in [4.78, 5) is 21.6. The molecule has 0 amide bonds. The molecule has 0 aliphatic carbocycles. The molecular formula is C24H29ClN2O. The van der Waals surface area contributed by atoms with Crippen molar-refractivity contribution in [2.24, 2.45) is 0 Å². The molecule has 0 saturated heterocycles. The summed E-state index contributed by atoms with van der Waals surface area (Å²) in [6.45, 7) is 12.2. The van der Waals surface area contributed by atoms with Crippen molar-refractivity contribution in [2.75, 3.05) is 0 Å². The van der Waals surface area contributed by atoms with Crippen LogP contribution in [-0.2, 0) is 4.79 Å². The molecule has 2 aromatic rings. The van der Waals surface area contributed by atoms with Crippen molar-refractivity contribution in [1.29, 1.82) is 0 Å². The molecule has 0 aliphatic heterocycles. The summed E-state index contributed by atoms with van der Waals surface area (Å²) in [5.74, 6) is 0.207. The van der Waals surface area contributed by atoms with Gasteiger partial charge in [-0.25, -0.2) is 4.98 Å². The van der Waals surface area contributed by atoms with Crippen LogP contribution in [0, 0.1) is 6.92 Å². The summed E-state index contributed by atoms with van der Waals surface area (Å²) in [5.41, 5.74) is 5.78. The number of Topliss-reactive ketones (excluding diaryl/α,β-unsaturated/α-hetero) is 1. The molecule has 148 valence electrons. The minimum atomic E-state index is 0.207. The van der Waals surface area contributed by atoms with E-state index in [-0.39, 0.29) is 5.78 Å².